The number of anilines is 1. The highest BCUT2D eigenvalue weighted by Gasteiger charge is 2.12. The van der Waals surface area contributed by atoms with E-state index in [1.807, 2.05) is 66.7 Å². The van der Waals surface area contributed by atoms with E-state index in [4.69, 9.17) is 0 Å². The van der Waals surface area contributed by atoms with Gasteiger partial charge in [0.25, 0.3) is 5.69 Å². The molecule has 0 radical (unpaired) electrons. The maximum Gasteiger partial charge on any atom is 0.271 e. The van der Waals surface area contributed by atoms with Gasteiger partial charge < -0.3 is 5.32 Å². The van der Waals surface area contributed by atoms with Crippen molar-refractivity contribution in [3.63, 3.8) is 0 Å². The largest absolute Gasteiger partial charge is 0.325 e. The third kappa shape index (κ3) is 5.35. The van der Waals surface area contributed by atoms with Crippen LogP contribution < -0.4 is 5.32 Å². The molecule has 1 aromatic heterocycles. The van der Waals surface area contributed by atoms with Gasteiger partial charge in [0, 0.05) is 28.9 Å². The molecule has 32 heavy (non-hydrogen) atoms. The summed E-state index contributed by atoms with van der Waals surface area (Å²) in [5, 5.41) is 14.1. The Morgan fingerprint density at radius 1 is 0.844 bits per heavy atom. The Kier molecular flexibility index (Phi) is 6.52. The summed E-state index contributed by atoms with van der Waals surface area (Å²) in [6.45, 7) is 0. The van der Waals surface area contributed by atoms with Gasteiger partial charge in [0.2, 0.25) is 5.91 Å². The third-order valence-corrected chi connectivity index (χ3v) is 5.37. The van der Waals surface area contributed by atoms with Gasteiger partial charge in [-0.15, -0.1) is 0 Å². The van der Waals surface area contributed by atoms with Crippen molar-refractivity contribution in [2.75, 3.05) is 11.1 Å². The van der Waals surface area contributed by atoms with Gasteiger partial charge >= 0.3 is 0 Å². The molecule has 7 nitrogen and oxygen atoms in total. The molecule has 1 amide bonds. The molecule has 0 unspecified atom stereocenters. The van der Waals surface area contributed by atoms with E-state index in [9.17, 15) is 14.9 Å². The van der Waals surface area contributed by atoms with Crippen LogP contribution in [0.2, 0.25) is 0 Å². The van der Waals surface area contributed by atoms with Crippen LogP contribution in [-0.4, -0.2) is 26.6 Å². The second kappa shape index (κ2) is 9.84. The number of nitro groups is 1. The predicted octanol–water partition coefficient (Wildman–Crippen LogP) is 5.45. The van der Waals surface area contributed by atoms with E-state index in [1.165, 1.54) is 30.0 Å². The van der Waals surface area contributed by atoms with Crippen LogP contribution in [0, 0.1) is 10.1 Å². The van der Waals surface area contributed by atoms with Crippen molar-refractivity contribution in [1.29, 1.82) is 0 Å². The summed E-state index contributed by atoms with van der Waals surface area (Å²) in [6.07, 6.45) is 0. The quantitative estimate of drug-likeness (QED) is 0.177. The first-order valence-electron chi connectivity index (χ1n) is 9.75. The normalized spacial score (nSPS) is 10.5. The highest BCUT2D eigenvalue weighted by molar-refractivity contribution is 7.99. The van der Waals surface area contributed by atoms with Crippen molar-refractivity contribution in [3.05, 3.63) is 101 Å². The van der Waals surface area contributed by atoms with Gasteiger partial charge in [-0.2, -0.15) is 0 Å². The first kappa shape index (κ1) is 21.2. The Morgan fingerprint density at radius 3 is 2.00 bits per heavy atom. The zero-order valence-corrected chi connectivity index (χ0v) is 17.7. The molecule has 0 fully saturated rings. The standard InChI is InChI=1S/C24H18N4O3S/c29-23(25-19-12-7-13-20(14-19)28(30)31)16-32-24-26-21(17-8-3-1-4-9-17)15-22(27-24)18-10-5-2-6-11-18/h1-15H,16H2,(H,25,29). The molecule has 4 rings (SSSR count). The molecule has 0 saturated heterocycles. The van der Waals surface area contributed by atoms with E-state index < -0.39 is 4.92 Å². The Bertz CT molecular complexity index is 1190. The van der Waals surface area contributed by atoms with Crippen LogP contribution in [0.3, 0.4) is 0 Å². The minimum Gasteiger partial charge on any atom is -0.325 e. The molecule has 158 valence electrons. The van der Waals surface area contributed by atoms with Crippen LogP contribution in [0.4, 0.5) is 11.4 Å². The van der Waals surface area contributed by atoms with E-state index in [2.05, 4.69) is 15.3 Å². The number of carbonyl (C=O) groups is 1. The lowest BCUT2D eigenvalue weighted by atomic mass is 10.1. The summed E-state index contributed by atoms with van der Waals surface area (Å²) >= 11 is 1.21. The Morgan fingerprint density at radius 2 is 1.44 bits per heavy atom. The van der Waals surface area contributed by atoms with Crippen molar-refractivity contribution in [2.24, 2.45) is 0 Å². The van der Waals surface area contributed by atoms with Gasteiger partial charge in [-0.3, -0.25) is 14.9 Å². The molecule has 1 heterocycles. The molecule has 0 aliphatic heterocycles. The second-order valence-electron chi connectivity index (χ2n) is 6.80. The van der Waals surface area contributed by atoms with Crippen molar-refractivity contribution < 1.29 is 9.72 Å². The number of nitrogens with zero attached hydrogens (tertiary/aromatic N) is 3. The maximum absolute atomic E-state index is 12.4. The minimum absolute atomic E-state index is 0.0646. The van der Waals surface area contributed by atoms with E-state index in [0.717, 1.165) is 22.5 Å². The van der Waals surface area contributed by atoms with Crippen LogP contribution in [-0.2, 0) is 4.79 Å². The summed E-state index contributed by atoms with van der Waals surface area (Å²) in [7, 11) is 0. The summed E-state index contributed by atoms with van der Waals surface area (Å²) in [6, 6.07) is 27.3. The predicted molar refractivity (Wildman–Crippen MR) is 125 cm³/mol. The Labute approximate surface area is 188 Å². The molecule has 0 atom stereocenters. The van der Waals surface area contributed by atoms with Crippen LogP contribution in [0.25, 0.3) is 22.5 Å². The highest BCUT2D eigenvalue weighted by Crippen LogP contribution is 2.27. The summed E-state index contributed by atoms with van der Waals surface area (Å²) in [5.41, 5.74) is 3.72. The molecule has 8 heteroatoms. The van der Waals surface area contributed by atoms with Crippen molar-refractivity contribution in [1.82, 2.24) is 9.97 Å². The van der Waals surface area contributed by atoms with Gasteiger partial charge in [0.1, 0.15) is 0 Å². The highest BCUT2D eigenvalue weighted by atomic mass is 32.2. The number of rotatable bonds is 7. The maximum atomic E-state index is 12.4. The second-order valence-corrected chi connectivity index (χ2v) is 7.74. The van der Waals surface area contributed by atoms with Gasteiger partial charge in [-0.1, -0.05) is 78.5 Å². The monoisotopic (exact) mass is 442 g/mol. The Hall–Kier alpha value is -4.04. The van der Waals surface area contributed by atoms with Gasteiger partial charge in [0.05, 0.1) is 22.1 Å². The average Bonchev–Trinajstić information content (AvgIpc) is 2.84. The number of non-ortho nitro benzene ring substituents is 1. The smallest absolute Gasteiger partial charge is 0.271 e. The number of nitrogens with one attached hydrogen (secondary N) is 1. The summed E-state index contributed by atoms with van der Waals surface area (Å²) < 4.78 is 0. The van der Waals surface area contributed by atoms with Crippen LogP contribution in [0.5, 0.6) is 0 Å². The number of thioether (sulfide) groups is 1. The van der Waals surface area contributed by atoms with E-state index in [0.29, 0.717) is 10.8 Å². The van der Waals surface area contributed by atoms with Crippen LogP contribution >= 0.6 is 11.8 Å². The van der Waals surface area contributed by atoms with Crippen LogP contribution in [0.1, 0.15) is 0 Å². The molecule has 3 aromatic carbocycles. The molecule has 1 N–H and O–H groups in total. The number of hydrogen-bond acceptors (Lipinski definition) is 6. The zero-order valence-electron chi connectivity index (χ0n) is 16.8. The molecule has 0 saturated carbocycles. The van der Waals surface area contributed by atoms with Gasteiger partial charge in [-0.05, 0) is 12.1 Å². The average molecular weight is 443 g/mol. The molecule has 0 bridgehead atoms. The van der Waals surface area contributed by atoms with Gasteiger partial charge in [0.15, 0.2) is 5.16 Å². The fourth-order valence-corrected chi connectivity index (χ4v) is 3.69. The number of amides is 1. The number of benzene rings is 3. The fraction of sp³-hybridized carbons (Fsp3) is 0.0417. The minimum atomic E-state index is -0.502. The topological polar surface area (TPSA) is 98.0 Å². The van der Waals surface area contributed by atoms with Crippen molar-refractivity contribution in [3.8, 4) is 22.5 Å². The number of hydrogen-bond donors (Lipinski definition) is 1. The number of carbonyl (C=O) groups excluding carboxylic acids is 1. The summed E-state index contributed by atoms with van der Waals surface area (Å²) in [5.74, 6) is -0.236. The van der Waals surface area contributed by atoms with Crippen LogP contribution in [0.15, 0.2) is 96.2 Å². The van der Waals surface area contributed by atoms with Crippen molar-refractivity contribution in [2.45, 2.75) is 5.16 Å². The summed E-state index contributed by atoms with van der Waals surface area (Å²) in [4.78, 5) is 32.1. The number of aromatic nitrogens is 2. The molecule has 0 spiro atoms. The molecule has 0 aliphatic rings. The molecular formula is C24H18N4O3S. The lowest BCUT2D eigenvalue weighted by Crippen LogP contribution is -2.14. The lowest BCUT2D eigenvalue weighted by molar-refractivity contribution is -0.384. The van der Waals surface area contributed by atoms with E-state index in [-0.39, 0.29) is 17.3 Å². The van der Waals surface area contributed by atoms with Crippen molar-refractivity contribution >= 4 is 29.0 Å². The molecular weight excluding hydrogens is 424 g/mol. The molecule has 4 aromatic rings. The number of nitro benzene ring substituents is 1. The third-order valence-electron chi connectivity index (χ3n) is 4.52. The fourth-order valence-electron chi connectivity index (χ4n) is 3.03. The van der Waals surface area contributed by atoms with Gasteiger partial charge in [-0.25, -0.2) is 9.97 Å². The first-order chi connectivity index (χ1) is 15.6. The Balaban J connectivity index is 1.54. The van der Waals surface area contributed by atoms with E-state index >= 15 is 0 Å². The lowest BCUT2D eigenvalue weighted by Gasteiger charge is -2.09. The first-order valence-corrected chi connectivity index (χ1v) is 10.7. The zero-order chi connectivity index (χ0) is 22.3. The SMILES string of the molecule is O=C(CSc1nc(-c2ccccc2)cc(-c2ccccc2)n1)Nc1cccc([N+](=O)[O-])c1. The van der Waals surface area contributed by atoms with E-state index in [1.54, 1.807) is 6.07 Å². The molecule has 0 aliphatic carbocycles.